The second kappa shape index (κ2) is 7.58. The van der Waals surface area contributed by atoms with Crippen LogP contribution in [0.25, 0.3) is 11.1 Å². The first-order valence-electron chi connectivity index (χ1n) is 7.74. The molecule has 4 nitrogen and oxygen atoms in total. The highest BCUT2D eigenvalue weighted by Gasteiger charge is 2.17. The maximum Gasteiger partial charge on any atom is 0.336 e. The maximum absolute atomic E-state index is 12.5. The van der Waals surface area contributed by atoms with Crippen LogP contribution in [0.3, 0.4) is 0 Å². The first-order chi connectivity index (χ1) is 11.0. The van der Waals surface area contributed by atoms with E-state index in [-0.39, 0.29) is 11.5 Å². The molecular formula is C19H21NO3. The minimum absolute atomic E-state index is 0.180. The molecule has 0 fully saturated rings. The molecule has 0 aliphatic heterocycles. The smallest absolute Gasteiger partial charge is 0.336 e. The van der Waals surface area contributed by atoms with E-state index >= 15 is 0 Å². The molecule has 0 bridgehead atoms. The van der Waals surface area contributed by atoms with Crippen LogP contribution in [0.15, 0.2) is 48.5 Å². The van der Waals surface area contributed by atoms with Crippen LogP contribution in [0.2, 0.25) is 0 Å². The molecule has 1 amide bonds. The molecular weight excluding hydrogens is 290 g/mol. The van der Waals surface area contributed by atoms with Crippen molar-refractivity contribution in [3.63, 3.8) is 0 Å². The predicted octanol–water partition coefficient (Wildman–Crippen LogP) is 3.83. The lowest BCUT2D eigenvalue weighted by Crippen LogP contribution is -2.28. The molecule has 0 saturated heterocycles. The SMILES string of the molecule is CCC(C)CNC(=O)c1ccccc1-c1ccccc1C(=O)O. The Bertz CT molecular complexity index is 709. The van der Waals surface area contributed by atoms with Gasteiger partial charge in [0, 0.05) is 12.1 Å². The first-order valence-corrected chi connectivity index (χ1v) is 7.74. The van der Waals surface area contributed by atoms with Gasteiger partial charge in [-0.1, -0.05) is 56.7 Å². The fraction of sp³-hybridized carbons (Fsp3) is 0.263. The van der Waals surface area contributed by atoms with Gasteiger partial charge in [-0.25, -0.2) is 4.79 Å². The Morgan fingerprint density at radius 3 is 2.09 bits per heavy atom. The summed E-state index contributed by atoms with van der Waals surface area (Å²) in [6.45, 7) is 4.75. The quantitative estimate of drug-likeness (QED) is 0.852. The van der Waals surface area contributed by atoms with E-state index in [1.807, 2.05) is 0 Å². The third-order valence-electron chi connectivity index (χ3n) is 3.93. The second-order valence-corrected chi connectivity index (χ2v) is 5.62. The number of rotatable bonds is 6. The molecule has 0 saturated carbocycles. The Hall–Kier alpha value is -2.62. The van der Waals surface area contributed by atoms with Crippen LogP contribution in [-0.2, 0) is 0 Å². The van der Waals surface area contributed by atoms with Gasteiger partial charge < -0.3 is 10.4 Å². The van der Waals surface area contributed by atoms with Crippen molar-refractivity contribution >= 4 is 11.9 Å². The van der Waals surface area contributed by atoms with Crippen molar-refractivity contribution in [2.75, 3.05) is 6.54 Å². The van der Waals surface area contributed by atoms with E-state index in [2.05, 4.69) is 19.2 Å². The fourth-order valence-corrected chi connectivity index (χ4v) is 2.33. The highest BCUT2D eigenvalue weighted by atomic mass is 16.4. The molecule has 2 aromatic rings. The van der Waals surface area contributed by atoms with Crippen molar-refractivity contribution in [2.24, 2.45) is 5.92 Å². The molecule has 23 heavy (non-hydrogen) atoms. The Morgan fingerprint density at radius 2 is 1.52 bits per heavy atom. The summed E-state index contributed by atoms with van der Waals surface area (Å²) >= 11 is 0. The van der Waals surface area contributed by atoms with Gasteiger partial charge in [0.1, 0.15) is 0 Å². The molecule has 2 rings (SSSR count). The zero-order chi connectivity index (χ0) is 16.8. The van der Waals surface area contributed by atoms with E-state index in [0.29, 0.717) is 29.2 Å². The Kier molecular flexibility index (Phi) is 5.52. The van der Waals surface area contributed by atoms with Gasteiger partial charge in [-0.05, 0) is 29.2 Å². The predicted molar refractivity (Wildman–Crippen MR) is 90.6 cm³/mol. The number of hydrogen-bond donors (Lipinski definition) is 2. The normalized spacial score (nSPS) is 11.7. The number of aromatic carboxylic acids is 1. The summed E-state index contributed by atoms with van der Waals surface area (Å²) in [4.78, 5) is 23.9. The molecule has 0 aliphatic rings. The number of carboxylic acid groups (broad SMARTS) is 1. The number of carbonyl (C=O) groups is 2. The summed E-state index contributed by atoms with van der Waals surface area (Å²) in [5.74, 6) is -0.783. The average molecular weight is 311 g/mol. The first kappa shape index (κ1) is 16.7. The second-order valence-electron chi connectivity index (χ2n) is 5.62. The summed E-state index contributed by atoms with van der Waals surface area (Å²) in [7, 11) is 0. The average Bonchev–Trinajstić information content (AvgIpc) is 2.59. The van der Waals surface area contributed by atoms with E-state index in [1.165, 1.54) is 0 Å². The van der Waals surface area contributed by atoms with Gasteiger partial charge in [-0.2, -0.15) is 0 Å². The van der Waals surface area contributed by atoms with Gasteiger partial charge in [-0.15, -0.1) is 0 Å². The summed E-state index contributed by atoms with van der Waals surface area (Å²) < 4.78 is 0. The molecule has 120 valence electrons. The fourth-order valence-electron chi connectivity index (χ4n) is 2.33. The van der Waals surface area contributed by atoms with E-state index < -0.39 is 5.97 Å². The molecule has 0 heterocycles. The van der Waals surface area contributed by atoms with Crippen molar-refractivity contribution in [2.45, 2.75) is 20.3 Å². The molecule has 4 heteroatoms. The lowest BCUT2D eigenvalue weighted by Gasteiger charge is -2.14. The Balaban J connectivity index is 2.39. The number of nitrogens with one attached hydrogen (secondary N) is 1. The van der Waals surface area contributed by atoms with E-state index in [9.17, 15) is 14.7 Å². The summed E-state index contributed by atoms with van der Waals surface area (Å²) in [6.07, 6.45) is 0.990. The van der Waals surface area contributed by atoms with Gasteiger partial charge >= 0.3 is 5.97 Å². The van der Waals surface area contributed by atoms with E-state index in [4.69, 9.17) is 0 Å². The monoisotopic (exact) mass is 311 g/mol. The number of benzene rings is 2. The van der Waals surface area contributed by atoms with Gasteiger partial charge in [0.05, 0.1) is 5.56 Å². The highest BCUT2D eigenvalue weighted by Crippen LogP contribution is 2.27. The van der Waals surface area contributed by atoms with Crippen LogP contribution < -0.4 is 5.32 Å². The van der Waals surface area contributed by atoms with E-state index in [1.54, 1.807) is 48.5 Å². The minimum atomic E-state index is -1.00. The van der Waals surface area contributed by atoms with Crippen molar-refractivity contribution in [1.29, 1.82) is 0 Å². The number of carbonyl (C=O) groups excluding carboxylic acids is 1. The lowest BCUT2D eigenvalue weighted by molar-refractivity contribution is 0.0697. The van der Waals surface area contributed by atoms with Crippen molar-refractivity contribution in [3.05, 3.63) is 59.7 Å². The summed E-state index contributed by atoms with van der Waals surface area (Å²) in [5, 5.41) is 12.3. The summed E-state index contributed by atoms with van der Waals surface area (Å²) in [5.41, 5.74) is 1.86. The third kappa shape index (κ3) is 3.97. The van der Waals surface area contributed by atoms with Crippen molar-refractivity contribution < 1.29 is 14.7 Å². The Morgan fingerprint density at radius 1 is 1.00 bits per heavy atom. The Labute approximate surface area is 136 Å². The molecule has 2 N–H and O–H groups in total. The number of hydrogen-bond acceptors (Lipinski definition) is 2. The van der Waals surface area contributed by atoms with Gasteiger partial charge in [-0.3, -0.25) is 4.79 Å². The number of carboxylic acids is 1. The van der Waals surface area contributed by atoms with Crippen LogP contribution in [0, 0.1) is 5.92 Å². The van der Waals surface area contributed by atoms with Gasteiger partial charge in [0.15, 0.2) is 0 Å². The van der Waals surface area contributed by atoms with Crippen LogP contribution in [0.4, 0.5) is 0 Å². The van der Waals surface area contributed by atoms with Crippen molar-refractivity contribution in [3.8, 4) is 11.1 Å². The van der Waals surface area contributed by atoms with Crippen LogP contribution in [0.5, 0.6) is 0 Å². The maximum atomic E-state index is 12.5. The summed E-state index contributed by atoms with van der Waals surface area (Å²) in [6, 6.07) is 13.8. The van der Waals surface area contributed by atoms with Crippen LogP contribution in [0.1, 0.15) is 41.0 Å². The van der Waals surface area contributed by atoms with Gasteiger partial charge in [0.2, 0.25) is 0 Å². The topological polar surface area (TPSA) is 66.4 Å². The zero-order valence-corrected chi connectivity index (χ0v) is 13.4. The molecule has 1 atom stereocenters. The highest BCUT2D eigenvalue weighted by molar-refractivity contribution is 6.04. The van der Waals surface area contributed by atoms with E-state index in [0.717, 1.165) is 6.42 Å². The zero-order valence-electron chi connectivity index (χ0n) is 13.4. The molecule has 0 aliphatic carbocycles. The molecule has 1 unspecified atom stereocenters. The molecule has 2 aromatic carbocycles. The van der Waals surface area contributed by atoms with Crippen LogP contribution >= 0.6 is 0 Å². The van der Waals surface area contributed by atoms with Gasteiger partial charge in [0.25, 0.3) is 5.91 Å². The molecule has 0 spiro atoms. The van der Waals surface area contributed by atoms with Crippen LogP contribution in [-0.4, -0.2) is 23.5 Å². The third-order valence-corrected chi connectivity index (χ3v) is 3.93. The molecule has 0 radical (unpaired) electrons. The standard InChI is InChI=1S/C19H21NO3/c1-3-13(2)12-20-18(21)16-10-6-4-8-14(16)15-9-5-7-11-17(15)19(22)23/h4-11,13H,3,12H2,1-2H3,(H,20,21)(H,22,23). The van der Waals surface area contributed by atoms with Crippen molar-refractivity contribution in [1.82, 2.24) is 5.32 Å². The molecule has 0 aromatic heterocycles. The minimum Gasteiger partial charge on any atom is -0.478 e. The lowest BCUT2D eigenvalue weighted by atomic mass is 9.95. The number of amides is 1. The largest absolute Gasteiger partial charge is 0.478 e.